The van der Waals surface area contributed by atoms with Crippen molar-refractivity contribution in [2.24, 2.45) is 7.05 Å². The molecular weight excluding hydrogens is 253 g/mol. The van der Waals surface area contributed by atoms with Gasteiger partial charge in [0.15, 0.2) is 0 Å². The van der Waals surface area contributed by atoms with E-state index < -0.39 is 5.82 Å². The summed E-state index contributed by atoms with van der Waals surface area (Å²) >= 11 is 5.73. The van der Waals surface area contributed by atoms with Crippen LogP contribution in [-0.2, 0) is 13.5 Å². The molecule has 2 rings (SSSR count). The maximum absolute atomic E-state index is 13.9. The highest BCUT2D eigenvalue weighted by molar-refractivity contribution is 6.30. The summed E-state index contributed by atoms with van der Waals surface area (Å²) in [4.78, 5) is 4.41. The fourth-order valence-corrected chi connectivity index (χ4v) is 2.04. The molecule has 0 radical (unpaired) electrons. The molecule has 3 nitrogen and oxygen atoms in total. The summed E-state index contributed by atoms with van der Waals surface area (Å²) < 4.78 is 15.7. The smallest absolute Gasteiger partial charge is 0.134 e. The Morgan fingerprint density at radius 1 is 1.44 bits per heavy atom. The third kappa shape index (κ3) is 2.20. The molecule has 1 aromatic heterocycles. The van der Waals surface area contributed by atoms with E-state index in [9.17, 15) is 4.39 Å². The number of nitrogen functional groups attached to an aromatic ring is 1. The molecule has 0 spiro atoms. The topological polar surface area (TPSA) is 43.8 Å². The molecule has 0 aliphatic carbocycles. The molecule has 0 bridgehead atoms. The van der Waals surface area contributed by atoms with Crippen LogP contribution in [0.2, 0.25) is 5.02 Å². The van der Waals surface area contributed by atoms with Crippen LogP contribution in [-0.4, -0.2) is 9.55 Å². The first kappa shape index (κ1) is 12.9. The summed E-state index contributed by atoms with van der Waals surface area (Å²) in [5.41, 5.74) is 6.84. The van der Waals surface area contributed by atoms with Gasteiger partial charge in [0.1, 0.15) is 23.2 Å². The second-order valence-electron chi connectivity index (χ2n) is 4.20. The van der Waals surface area contributed by atoms with E-state index in [4.69, 9.17) is 17.3 Å². The normalized spacial score (nSPS) is 10.9. The van der Waals surface area contributed by atoms with Crippen LogP contribution in [0.1, 0.15) is 19.2 Å². The molecular formula is C13H15ClFN3. The molecule has 1 heterocycles. The van der Waals surface area contributed by atoms with Crippen molar-refractivity contribution in [1.82, 2.24) is 9.55 Å². The van der Waals surface area contributed by atoms with Gasteiger partial charge in [-0.25, -0.2) is 9.37 Å². The predicted molar refractivity (Wildman–Crippen MR) is 72.0 cm³/mol. The van der Waals surface area contributed by atoms with Crippen molar-refractivity contribution in [2.75, 3.05) is 5.73 Å². The number of nitrogens with zero attached hydrogens (tertiary/aromatic N) is 2. The SMILES string of the molecule is CCCc1nc(-c2ccc(Cl)cc2F)c(N)n1C. The highest BCUT2D eigenvalue weighted by atomic mass is 35.5. The summed E-state index contributed by atoms with van der Waals surface area (Å²) in [5.74, 6) is 0.925. The quantitative estimate of drug-likeness (QED) is 0.926. The lowest BCUT2D eigenvalue weighted by molar-refractivity contribution is 0.631. The zero-order valence-electron chi connectivity index (χ0n) is 10.4. The average molecular weight is 268 g/mol. The van der Waals surface area contributed by atoms with E-state index in [0.29, 0.717) is 22.1 Å². The van der Waals surface area contributed by atoms with Gasteiger partial charge in [0.25, 0.3) is 0 Å². The minimum absolute atomic E-state index is 0.361. The number of benzene rings is 1. The molecule has 0 aliphatic heterocycles. The van der Waals surface area contributed by atoms with Gasteiger partial charge >= 0.3 is 0 Å². The largest absolute Gasteiger partial charge is 0.383 e. The molecule has 5 heteroatoms. The minimum atomic E-state index is -0.407. The monoisotopic (exact) mass is 267 g/mol. The first-order valence-electron chi connectivity index (χ1n) is 5.81. The third-order valence-corrected chi connectivity index (χ3v) is 3.13. The van der Waals surface area contributed by atoms with Gasteiger partial charge in [-0.05, 0) is 24.6 Å². The molecule has 0 fully saturated rings. The summed E-state index contributed by atoms with van der Waals surface area (Å²) in [6.07, 6.45) is 1.78. The van der Waals surface area contributed by atoms with Crippen LogP contribution in [0.5, 0.6) is 0 Å². The van der Waals surface area contributed by atoms with E-state index in [2.05, 4.69) is 11.9 Å². The number of halogens is 2. The van der Waals surface area contributed by atoms with E-state index in [1.165, 1.54) is 6.07 Å². The van der Waals surface area contributed by atoms with Crippen LogP contribution in [0.3, 0.4) is 0 Å². The van der Waals surface area contributed by atoms with Crippen LogP contribution in [0, 0.1) is 5.82 Å². The van der Waals surface area contributed by atoms with Crippen LogP contribution in [0.4, 0.5) is 10.2 Å². The maximum Gasteiger partial charge on any atom is 0.134 e. The molecule has 2 N–H and O–H groups in total. The van der Waals surface area contributed by atoms with E-state index in [-0.39, 0.29) is 0 Å². The van der Waals surface area contributed by atoms with E-state index in [0.717, 1.165) is 18.7 Å². The van der Waals surface area contributed by atoms with Crippen LogP contribution < -0.4 is 5.73 Å². The van der Waals surface area contributed by atoms with Gasteiger partial charge in [0, 0.05) is 24.1 Å². The van der Waals surface area contributed by atoms with Crippen molar-refractivity contribution < 1.29 is 4.39 Å². The van der Waals surface area contributed by atoms with Gasteiger partial charge in [0.2, 0.25) is 0 Å². The lowest BCUT2D eigenvalue weighted by atomic mass is 10.1. The first-order chi connectivity index (χ1) is 8.54. The lowest BCUT2D eigenvalue weighted by Crippen LogP contribution is -2.01. The van der Waals surface area contributed by atoms with Gasteiger partial charge in [-0.15, -0.1) is 0 Å². The fraction of sp³-hybridized carbons (Fsp3) is 0.308. The number of aryl methyl sites for hydroxylation is 1. The Labute approximate surface area is 110 Å². The van der Waals surface area contributed by atoms with E-state index in [1.54, 1.807) is 16.7 Å². The summed E-state index contributed by atoms with van der Waals surface area (Å²) in [6.45, 7) is 2.06. The van der Waals surface area contributed by atoms with Gasteiger partial charge in [-0.2, -0.15) is 0 Å². The summed E-state index contributed by atoms with van der Waals surface area (Å²) in [6, 6.07) is 4.50. The molecule has 0 unspecified atom stereocenters. The second-order valence-corrected chi connectivity index (χ2v) is 4.63. The van der Waals surface area contributed by atoms with Gasteiger partial charge < -0.3 is 10.3 Å². The van der Waals surface area contributed by atoms with E-state index in [1.807, 2.05) is 7.05 Å². The van der Waals surface area contributed by atoms with Crippen molar-refractivity contribution in [2.45, 2.75) is 19.8 Å². The Kier molecular flexibility index (Phi) is 3.57. The number of anilines is 1. The van der Waals surface area contributed by atoms with Crippen molar-refractivity contribution in [1.29, 1.82) is 0 Å². The fourth-order valence-electron chi connectivity index (χ4n) is 1.89. The molecule has 2 aromatic rings. The maximum atomic E-state index is 13.9. The number of hydrogen-bond donors (Lipinski definition) is 1. The highest BCUT2D eigenvalue weighted by Gasteiger charge is 2.16. The molecule has 18 heavy (non-hydrogen) atoms. The zero-order valence-corrected chi connectivity index (χ0v) is 11.1. The Bertz CT molecular complexity index is 578. The molecule has 0 aliphatic rings. The van der Waals surface area contributed by atoms with Gasteiger partial charge in [-0.1, -0.05) is 18.5 Å². The number of rotatable bonds is 3. The molecule has 96 valence electrons. The molecule has 1 aromatic carbocycles. The minimum Gasteiger partial charge on any atom is -0.383 e. The Hall–Kier alpha value is -1.55. The Morgan fingerprint density at radius 3 is 2.78 bits per heavy atom. The second kappa shape index (κ2) is 4.98. The number of hydrogen-bond acceptors (Lipinski definition) is 2. The number of aromatic nitrogens is 2. The lowest BCUT2D eigenvalue weighted by Gasteiger charge is -2.02. The van der Waals surface area contributed by atoms with Crippen LogP contribution >= 0.6 is 11.6 Å². The van der Waals surface area contributed by atoms with Crippen LogP contribution in [0.15, 0.2) is 18.2 Å². The van der Waals surface area contributed by atoms with Crippen molar-refractivity contribution in [3.63, 3.8) is 0 Å². The Balaban J connectivity index is 2.53. The predicted octanol–water partition coefficient (Wildman–Crippen LogP) is 3.41. The zero-order chi connectivity index (χ0) is 13.3. The highest BCUT2D eigenvalue weighted by Crippen LogP contribution is 2.29. The standard InChI is InChI=1S/C13H15ClFN3/c1-3-4-11-17-12(13(16)18(11)2)9-6-5-8(14)7-10(9)15/h5-7H,3-4,16H2,1-2H3. The third-order valence-electron chi connectivity index (χ3n) is 2.89. The molecule has 0 saturated heterocycles. The average Bonchev–Trinajstić information content (AvgIpc) is 2.58. The van der Waals surface area contributed by atoms with Crippen molar-refractivity contribution in [3.8, 4) is 11.3 Å². The Morgan fingerprint density at radius 2 is 2.17 bits per heavy atom. The van der Waals surface area contributed by atoms with Gasteiger partial charge in [-0.3, -0.25) is 0 Å². The summed E-state index contributed by atoms with van der Waals surface area (Å²) in [5, 5.41) is 0.361. The number of nitrogens with two attached hydrogens (primary N) is 1. The van der Waals surface area contributed by atoms with Gasteiger partial charge in [0.05, 0.1) is 0 Å². The number of imidazole rings is 1. The van der Waals surface area contributed by atoms with Crippen LogP contribution in [0.25, 0.3) is 11.3 Å². The molecule has 0 saturated carbocycles. The molecule has 0 atom stereocenters. The van der Waals surface area contributed by atoms with Crippen molar-refractivity contribution in [3.05, 3.63) is 34.9 Å². The van der Waals surface area contributed by atoms with E-state index >= 15 is 0 Å². The summed E-state index contributed by atoms with van der Waals surface area (Å²) in [7, 11) is 1.84. The molecule has 0 amide bonds. The first-order valence-corrected chi connectivity index (χ1v) is 6.18. The van der Waals surface area contributed by atoms with Crippen molar-refractivity contribution >= 4 is 17.4 Å².